The van der Waals surface area contributed by atoms with Crippen LogP contribution in [0.2, 0.25) is 0 Å². The smallest absolute Gasteiger partial charge is 0.227 e. The normalized spacial score (nSPS) is 23.9. The van der Waals surface area contributed by atoms with Gasteiger partial charge in [-0.15, -0.1) is 0 Å². The molecular weight excluding hydrogens is 354 g/mol. The summed E-state index contributed by atoms with van der Waals surface area (Å²) in [6.07, 6.45) is 2.16. The summed E-state index contributed by atoms with van der Waals surface area (Å²) < 4.78 is 1.12. The molecule has 1 aromatic carbocycles. The molecule has 2 aliphatic heterocycles. The van der Waals surface area contributed by atoms with Gasteiger partial charge in [-0.25, -0.2) is 0 Å². The van der Waals surface area contributed by atoms with Crippen molar-refractivity contribution in [1.29, 1.82) is 0 Å². The van der Waals surface area contributed by atoms with E-state index in [4.69, 9.17) is 0 Å². The van der Waals surface area contributed by atoms with Gasteiger partial charge < -0.3 is 9.80 Å². The first kappa shape index (κ1) is 16.9. The summed E-state index contributed by atoms with van der Waals surface area (Å²) in [4.78, 5) is 19.6. The lowest BCUT2D eigenvalue weighted by atomic mass is 9.95. The number of hydrogen-bond donors (Lipinski definition) is 0. The average molecular weight is 380 g/mol. The SMILES string of the molecule is CN1CCN(C(=O)[C@@H]2CCCN(Cc3cccc(Br)c3)C2)CC1. The summed E-state index contributed by atoms with van der Waals surface area (Å²) in [7, 11) is 2.13. The summed E-state index contributed by atoms with van der Waals surface area (Å²) >= 11 is 3.54. The highest BCUT2D eigenvalue weighted by atomic mass is 79.9. The molecule has 3 rings (SSSR count). The molecule has 2 saturated heterocycles. The van der Waals surface area contributed by atoms with Crippen molar-refractivity contribution in [3.8, 4) is 0 Å². The number of halogens is 1. The molecule has 0 spiro atoms. The van der Waals surface area contributed by atoms with Crippen molar-refractivity contribution in [2.45, 2.75) is 19.4 Å². The number of rotatable bonds is 3. The van der Waals surface area contributed by atoms with Gasteiger partial charge in [0.2, 0.25) is 5.91 Å². The van der Waals surface area contributed by atoms with Crippen molar-refractivity contribution in [2.24, 2.45) is 5.92 Å². The van der Waals surface area contributed by atoms with Gasteiger partial charge in [-0.05, 0) is 44.1 Å². The first-order chi connectivity index (χ1) is 11.1. The minimum atomic E-state index is 0.180. The van der Waals surface area contributed by atoms with Crippen LogP contribution >= 0.6 is 15.9 Å². The molecule has 2 heterocycles. The first-order valence-electron chi connectivity index (χ1n) is 8.56. The summed E-state index contributed by atoms with van der Waals surface area (Å²) in [5.41, 5.74) is 1.31. The van der Waals surface area contributed by atoms with E-state index in [1.54, 1.807) is 0 Å². The van der Waals surface area contributed by atoms with Crippen LogP contribution < -0.4 is 0 Å². The average Bonchev–Trinajstić information content (AvgIpc) is 2.55. The summed E-state index contributed by atoms with van der Waals surface area (Å²) in [6, 6.07) is 8.47. The largest absolute Gasteiger partial charge is 0.340 e. The van der Waals surface area contributed by atoms with Crippen LogP contribution in [-0.4, -0.2) is 66.9 Å². The van der Waals surface area contributed by atoms with Crippen molar-refractivity contribution in [1.82, 2.24) is 14.7 Å². The minimum Gasteiger partial charge on any atom is -0.340 e. The van der Waals surface area contributed by atoms with Crippen molar-refractivity contribution < 1.29 is 4.79 Å². The molecule has 4 nitrogen and oxygen atoms in total. The highest BCUT2D eigenvalue weighted by molar-refractivity contribution is 9.10. The highest BCUT2D eigenvalue weighted by Crippen LogP contribution is 2.22. The summed E-state index contributed by atoms with van der Waals surface area (Å²) in [5, 5.41) is 0. The monoisotopic (exact) mass is 379 g/mol. The van der Waals surface area contributed by atoms with Crippen LogP contribution in [0.25, 0.3) is 0 Å². The molecule has 2 fully saturated rings. The van der Waals surface area contributed by atoms with Crippen LogP contribution in [0.4, 0.5) is 0 Å². The molecule has 0 unspecified atom stereocenters. The molecule has 1 aromatic rings. The maximum Gasteiger partial charge on any atom is 0.227 e. The number of piperidine rings is 1. The Morgan fingerprint density at radius 2 is 2.00 bits per heavy atom. The van der Waals surface area contributed by atoms with Gasteiger partial charge >= 0.3 is 0 Å². The molecular formula is C18H26BrN3O. The molecule has 0 radical (unpaired) electrons. The second kappa shape index (κ2) is 7.77. The van der Waals surface area contributed by atoms with Crippen molar-refractivity contribution in [3.05, 3.63) is 34.3 Å². The van der Waals surface area contributed by atoms with E-state index in [-0.39, 0.29) is 5.92 Å². The number of nitrogens with zero attached hydrogens (tertiary/aromatic N) is 3. The van der Waals surface area contributed by atoms with Crippen LogP contribution in [0.1, 0.15) is 18.4 Å². The Balaban J connectivity index is 1.56. The number of amides is 1. The third-order valence-corrected chi connectivity index (χ3v) is 5.46. The second-order valence-corrected chi connectivity index (χ2v) is 7.75. The van der Waals surface area contributed by atoms with Crippen LogP contribution in [0.3, 0.4) is 0 Å². The van der Waals surface area contributed by atoms with Gasteiger partial charge in [-0.2, -0.15) is 0 Å². The number of carbonyl (C=O) groups is 1. The molecule has 0 N–H and O–H groups in total. The maximum atomic E-state index is 12.8. The number of benzene rings is 1. The Bertz CT molecular complexity index is 543. The van der Waals surface area contributed by atoms with E-state index in [9.17, 15) is 4.79 Å². The van der Waals surface area contributed by atoms with E-state index >= 15 is 0 Å². The van der Waals surface area contributed by atoms with Gasteiger partial charge in [-0.3, -0.25) is 9.69 Å². The number of likely N-dealkylation sites (tertiary alicyclic amines) is 1. The lowest BCUT2D eigenvalue weighted by Gasteiger charge is -2.38. The predicted octanol–water partition coefficient (Wildman–Crippen LogP) is 2.44. The zero-order valence-corrected chi connectivity index (χ0v) is 15.5. The van der Waals surface area contributed by atoms with E-state index < -0.39 is 0 Å². The lowest BCUT2D eigenvalue weighted by Crippen LogP contribution is -2.51. The van der Waals surface area contributed by atoms with Gasteiger partial charge in [0, 0.05) is 43.7 Å². The zero-order valence-electron chi connectivity index (χ0n) is 13.9. The lowest BCUT2D eigenvalue weighted by molar-refractivity contribution is -0.139. The summed E-state index contributed by atoms with van der Waals surface area (Å²) in [6.45, 7) is 6.71. The molecule has 5 heteroatoms. The Labute approximate surface area is 147 Å². The Kier molecular flexibility index (Phi) is 5.72. The van der Waals surface area contributed by atoms with E-state index in [0.717, 1.165) is 63.1 Å². The van der Waals surface area contributed by atoms with Crippen molar-refractivity contribution in [3.63, 3.8) is 0 Å². The molecule has 0 aliphatic carbocycles. The van der Waals surface area contributed by atoms with Gasteiger partial charge in [0.1, 0.15) is 0 Å². The van der Waals surface area contributed by atoms with Crippen molar-refractivity contribution >= 4 is 21.8 Å². The molecule has 0 aromatic heterocycles. The molecule has 0 saturated carbocycles. The Morgan fingerprint density at radius 1 is 1.22 bits per heavy atom. The fraction of sp³-hybridized carbons (Fsp3) is 0.611. The van der Waals surface area contributed by atoms with Gasteiger partial charge in [0.05, 0.1) is 5.92 Å². The quantitative estimate of drug-likeness (QED) is 0.806. The first-order valence-corrected chi connectivity index (χ1v) is 9.35. The number of carbonyl (C=O) groups excluding carboxylic acids is 1. The third kappa shape index (κ3) is 4.55. The Hall–Kier alpha value is -0.910. The van der Waals surface area contributed by atoms with Crippen molar-refractivity contribution in [2.75, 3.05) is 46.3 Å². The van der Waals surface area contributed by atoms with E-state index in [1.807, 2.05) is 0 Å². The highest BCUT2D eigenvalue weighted by Gasteiger charge is 2.30. The van der Waals surface area contributed by atoms with Gasteiger partial charge in [0.25, 0.3) is 0 Å². The van der Waals surface area contributed by atoms with E-state index in [1.165, 1.54) is 5.56 Å². The fourth-order valence-electron chi connectivity index (χ4n) is 3.58. The molecule has 1 amide bonds. The van der Waals surface area contributed by atoms with E-state index in [0.29, 0.717) is 5.91 Å². The van der Waals surface area contributed by atoms with Crippen LogP contribution in [0, 0.1) is 5.92 Å². The standard InChI is InChI=1S/C18H26BrN3O/c1-20-8-10-22(11-9-20)18(23)16-5-3-7-21(14-16)13-15-4-2-6-17(19)12-15/h2,4,6,12,16H,3,5,7-11,13-14H2,1H3/t16-/m1/s1. The van der Waals surface area contributed by atoms with Crippen LogP contribution in [0.5, 0.6) is 0 Å². The molecule has 126 valence electrons. The summed E-state index contributed by atoms with van der Waals surface area (Å²) in [5.74, 6) is 0.552. The fourth-order valence-corrected chi connectivity index (χ4v) is 4.03. The molecule has 1 atom stereocenters. The third-order valence-electron chi connectivity index (χ3n) is 4.96. The minimum absolute atomic E-state index is 0.180. The molecule has 0 bridgehead atoms. The molecule has 2 aliphatic rings. The van der Waals surface area contributed by atoms with Gasteiger partial charge in [0.15, 0.2) is 0 Å². The second-order valence-electron chi connectivity index (χ2n) is 6.83. The zero-order chi connectivity index (χ0) is 16.2. The predicted molar refractivity (Wildman–Crippen MR) is 96.2 cm³/mol. The molecule has 23 heavy (non-hydrogen) atoms. The van der Waals surface area contributed by atoms with Crippen LogP contribution in [-0.2, 0) is 11.3 Å². The van der Waals surface area contributed by atoms with Gasteiger partial charge in [-0.1, -0.05) is 28.1 Å². The number of hydrogen-bond acceptors (Lipinski definition) is 3. The topological polar surface area (TPSA) is 26.8 Å². The van der Waals surface area contributed by atoms with Crippen LogP contribution in [0.15, 0.2) is 28.7 Å². The number of piperazine rings is 1. The number of likely N-dealkylation sites (N-methyl/N-ethyl adjacent to an activating group) is 1. The van der Waals surface area contributed by atoms with E-state index in [2.05, 4.69) is 61.9 Å². The Morgan fingerprint density at radius 3 is 2.74 bits per heavy atom. The maximum absolute atomic E-state index is 12.8.